The predicted molar refractivity (Wildman–Crippen MR) is 106 cm³/mol. The summed E-state index contributed by atoms with van der Waals surface area (Å²) >= 11 is 0. The highest BCUT2D eigenvalue weighted by molar-refractivity contribution is 6.19. The number of anilines is 1. The predicted octanol–water partition coefficient (Wildman–Crippen LogP) is 3.62. The molecule has 1 aromatic heterocycles. The minimum Gasteiger partial charge on any atom is -0.449 e. The molecule has 8 nitrogen and oxygen atoms in total. The maximum absolute atomic E-state index is 12.4. The van der Waals surface area contributed by atoms with Crippen LogP contribution in [-0.4, -0.2) is 28.0 Å². The SMILES string of the molecule is Cc1ccc(-c2nnc([C@@H](C)OC(=O)c3ccc(N4C(=O)CCC4=O)cc3)o2)cc1. The topological polar surface area (TPSA) is 103 Å². The van der Waals surface area contributed by atoms with Crippen molar-refractivity contribution in [1.82, 2.24) is 10.2 Å². The number of carbonyl (C=O) groups excluding carboxylic acids is 3. The van der Waals surface area contributed by atoms with Crippen molar-refractivity contribution in [1.29, 1.82) is 0 Å². The Morgan fingerprint density at radius 3 is 2.27 bits per heavy atom. The van der Waals surface area contributed by atoms with E-state index in [0.29, 0.717) is 11.6 Å². The van der Waals surface area contributed by atoms with Gasteiger partial charge < -0.3 is 9.15 Å². The molecular formula is C22H19N3O5. The molecule has 1 fully saturated rings. The van der Waals surface area contributed by atoms with Gasteiger partial charge >= 0.3 is 5.97 Å². The number of hydrogen-bond donors (Lipinski definition) is 0. The van der Waals surface area contributed by atoms with Crippen LogP contribution in [0.3, 0.4) is 0 Å². The number of amides is 2. The first kappa shape index (κ1) is 19.5. The Balaban J connectivity index is 1.43. The van der Waals surface area contributed by atoms with E-state index >= 15 is 0 Å². The van der Waals surface area contributed by atoms with E-state index in [1.54, 1.807) is 19.1 Å². The van der Waals surface area contributed by atoms with Crippen LogP contribution in [0.4, 0.5) is 5.69 Å². The lowest BCUT2D eigenvalue weighted by Gasteiger charge is -2.14. The van der Waals surface area contributed by atoms with E-state index in [2.05, 4.69) is 10.2 Å². The summed E-state index contributed by atoms with van der Waals surface area (Å²) in [5.74, 6) is -0.543. The van der Waals surface area contributed by atoms with E-state index in [0.717, 1.165) is 16.0 Å². The highest BCUT2D eigenvalue weighted by atomic mass is 16.6. The van der Waals surface area contributed by atoms with E-state index < -0.39 is 12.1 Å². The molecule has 152 valence electrons. The first-order valence-corrected chi connectivity index (χ1v) is 9.49. The molecule has 0 radical (unpaired) electrons. The lowest BCUT2D eigenvalue weighted by atomic mass is 10.1. The minimum atomic E-state index is -0.745. The van der Waals surface area contributed by atoms with Crippen LogP contribution < -0.4 is 4.90 Å². The lowest BCUT2D eigenvalue weighted by molar-refractivity contribution is -0.121. The van der Waals surface area contributed by atoms with Crippen LogP contribution in [0.5, 0.6) is 0 Å². The number of benzene rings is 2. The average molecular weight is 405 g/mol. The molecule has 2 heterocycles. The van der Waals surface area contributed by atoms with Crippen LogP contribution in [0, 0.1) is 6.92 Å². The number of esters is 1. The van der Waals surface area contributed by atoms with Crippen LogP contribution in [0.15, 0.2) is 52.9 Å². The van der Waals surface area contributed by atoms with Crippen LogP contribution in [0.1, 0.15) is 47.7 Å². The van der Waals surface area contributed by atoms with Crippen LogP contribution in [0.25, 0.3) is 11.5 Å². The molecule has 1 saturated heterocycles. The highest BCUT2D eigenvalue weighted by Gasteiger charge is 2.30. The quantitative estimate of drug-likeness (QED) is 0.472. The first-order valence-electron chi connectivity index (χ1n) is 9.49. The summed E-state index contributed by atoms with van der Waals surface area (Å²) in [4.78, 5) is 37.2. The summed E-state index contributed by atoms with van der Waals surface area (Å²) in [6.07, 6.45) is -0.338. The second-order valence-electron chi connectivity index (χ2n) is 7.03. The fraction of sp³-hybridized carbons (Fsp3) is 0.227. The number of aromatic nitrogens is 2. The smallest absolute Gasteiger partial charge is 0.338 e. The van der Waals surface area contributed by atoms with Gasteiger partial charge in [0, 0.05) is 18.4 Å². The van der Waals surface area contributed by atoms with Crippen molar-refractivity contribution in [2.24, 2.45) is 0 Å². The van der Waals surface area contributed by atoms with Gasteiger partial charge in [-0.25, -0.2) is 4.79 Å². The molecule has 1 atom stereocenters. The summed E-state index contributed by atoms with van der Waals surface area (Å²) in [6, 6.07) is 13.7. The monoisotopic (exact) mass is 405 g/mol. The molecule has 30 heavy (non-hydrogen) atoms. The van der Waals surface area contributed by atoms with Gasteiger partial charge in [-0.05, 0) is 50.2 Å². The Hall–Kier alpha value is -3.81. The molecule has 8 heteroatoms. The maximum Gasteiger partial charge on any atom is 0.338 e. The number of ether oxygens (including phenoxy) is 1. The van der Waals surface area contributed by atoms with Crippen molar-refractivity contribution in [2.45, 2.75) is 32.8 Å². The second kappa shape index (κ2) is 7.90. The van der Waals surface area contributed by atoms with E-state index in [-0.39, 0.29) is 36.1 Å². The molecule has 1 aliphatic heterocycles. The molecule has 0 bridgehead atoms. The van der Waals surface area contributed by atoms with Crippen molar-refractivity contribution >= 4 is 23.5 Å². The zero-order chi connectivity index (χ0) is 21.3. The summed E-state index contributed by atoms with van der Waals surface area (Å²) < 4.78 is 11.1. The van der Waals surface area contributed by atoms with Crippen LogP contribution in [-0.2, 0) is 14.3 Å². The molecule has 1 aliphatic rings. The summed E-state index contributed by atoms with van der Waals surface area (Å²) in [7, 11) is 0. The van der Waals surface area contributed by atoms with E-state index in [1.807, 2.05) is 31.2 Å². The van der Waals surface area contributed by atoms with Gasteiger partial charge in [0.2, 0.25) is 17.7 Å². The molecule has 3 aromatic rings. The van der Waals surface area contributed by atoms with Crippen LogP contribution >= 0.6 is 0 Å². The zero-order valence-electron chi connectivity index (χ0n) is 16.5. The second-order valence-corrected chi connectivity index (χ2v) is 7.03. The highest BCUT2D eigenvalue weighted by Crippen LogP contribution is 2.25. The van der Waals surface area contributed by atoms with E-state index in [9.17, 15) is 14.4 Å². The minimum absolute atomic E-state index is 0.184. The normalized spacial score (nSPS) is 14.8. The third kappa shape index (κ3) is 3.84. The third-order valence-electron chi connectivity index (χ3n) is 4.78. The van der Waals surface area contributed by atoms with Gasteiger partial charge in [-0.2, -0.15) is 0 Å². The number of carbonyl (C=O) groups is 3. The summed E-state index contributed by atoms with van der Waals surface area (Å²) in [5.41, 5.74) is 2.61. The Morgan fingerprint density at radius 1 is 1.00 bits per heavy atom. The average Bonchev–Trinajstić information content (AvgIpc) is 3.36. The van der Waals surface area contributed by atoms with E-state index in [4.69, 9.17) is 9.15 Å². The number of aryl methyl sites for hydroxylation is 1. The molecule has 0 N–H and O–H groups in total. The number of nitrogens with zero attached hydrogens (tertiary/aromatic N) is 3. The van der Waals surface area contributed by atoms with Gasteiger partial charge in [0.1, 0.15) is 0 Å². The standard InChI is InChI=1S/C22H19N3O5/c1-13-3-5-15(6-4-13)21-24-23-20(30-21)14(2)29-22(28)16-7-9-17(10-8-16)25-18(26)11-12-19(25)27/h3-10,14H,11-12H2,1-2H3/t14-/m1/s1. The van der Waals surface area contributed by atoms with Gasteiger partial charge in [-0.1, -0.05) is 17.7 Å². The third-order valence-corrected chi connectivity index (χ3v) is 4.78. The van der Waals surface area contributed by atoms with Gasteiger partial charge in [0.25, 0.3) is 5.89 Å². The maximum atomic E-state index is 12.4. The van der Waals surface area contributed by atoms with Crippen molar-refractivity contribution < 1.29 is 23.5 Å². The number of rotatable bonds is 5. The van der Waals surface area contributed by atoms with E-state index in [1.165, 1.54) is 12.1 Å². The fourth-order valence-electron chi connectivity index (χ4n) is 3.10. The molecule has 0 unspecified atom stereocenters. The molecule has 0 saturated carbocycles. The Morgan fingerprint density at radius 2 is 1.63 bits per heavy atom. The summed E-state index contributed by atoms with van der Waals surface area (Å²) in [5, 5.41) is 7.98. The van der Waals surface area contributed by atoms with Gasteiger partial charge in [0.05, 0.1) is 11.3 Å². The molecule has 2 aromatic carbocycles. The van der Waals surface area contributed by atoms with Crippen molar-refractivity contribution in [3.8, 4) is 11.5 Å². The zero-order valence-corrected chi connectivity index (χ0v) is 16.5. The Kier molecular flexibility index (Phi) is 5.14. The largest absolute Gasteiger partial charge is 0.449 e. The molecular weight excluding hydrogens is 386 g/mol. The molecule has 0 spiro atoms. The fourth-order valence-corrected chi connectivity index (χ4v) is 3.10. The summed E-state index contributed by atoms with van der Waals surface area (Å²) in [6.45, 7) is 3.62. The van der Waals surface area contributed by atoms with Crippen molar-refractivity contribution in [2.75, 3.05) is 4.90 Å². The number of imide groups is 1. The first-order chi connectivity index (χ1) is 14.4. The van der Waals surface area contributed by atoms with Gasteiger partial charge in [0.15, 0.2) is 6.10 Å². The Bertz CT molecular complexity index is 1090. The molecule has 4 rings (SSSR count). The van der Waals surface area contributed by atoms with Crippen molar-refractivity contribution in [3.63, 3.8) is 0 Å². The number of hydrogen-bond acceptors (Lipinski definition) is 7. The van der Waals surface area contributed by atoms with Gasteiger partial charge in [-0.15, -0.1) is 10.2 Å². The Labute approximate surface area is 172 Å². The van der Waals surface area contributed by atoms with Gasteiger partial charge in [-0.3, -0.25) is 14.5 Å². The lowest BCUT2D eigenvalue weighted by Crippen LogP contribution is -2.28. The van der Waals surface area contributed by atoms with Crippen LogP contribution in [0.2, 0.25) is 0 Å². The van der Waals surface area contributed by atoms with Crippen molar-refractivity contribution in [3.05, 3.63) is 65.5 Å². The molecule has 2 amide bonds. The molecule has 0 aliphatic carbocycles.